The smallest absolute Gasteiger partial charge is 0.332 e. The standard InChI is InChI=1S/C12H16FN3O2/c1-2-3-6-18-11-7-9(4-5-10(11)13)8-15-16-12(14)17/h4-5,7-8H,2-3,6H2,1H3,(H3,14,16,17). The van der Waals surface area contributed by atoms with Gasteiger partial charge in [-0.3, -0.25) is 0 Å². The Morgan fingerprint density at radius 1 is 1.61 bits per heavy atom. The average molecular weight is 253 g/mol. The molecule has 0 aliphatic carbocycles. The number of urea groups is 1. The van der Waals surface area contributed by atoms with Crippen LogP contribution in [0.25, 0.3) is 0 Å². The van der Waals surface area contributed by atoms with Crippen LogP contribution in [0.2, 0.25) is 0 Å². The largest absolute Gasteiger partial charge is 0.490 e. The van der Waals surface area contributed by atoms with Crippen LogP contribution in [0, 0.1) is 5.82 Å². The second-order valence-electron chi connectivity index (χ2n) is 3.63. The number of rotatable bonds is 6. The molecule has 0 radical (unpaired) electrons. The van der Waals surface area contributed by atoms with Crippen molar-refractivity contribution in [3.63, 3.8) is 0 Å². The van der Waals surface area contributed by atoms with Gasteiger partial charge in [0.2, 0.25) is 0 Å². The Balaban J connectivity index is 2.67. The van der Waals surface area contributed by atoms with E-state index >= 15 is 0 Å². The van der Waals surface area contributed by atoms with Crippen molar-refractivity contribution >= 4 is 12.2 Å². The molecule has 0 atom stereocenters. The second kappa shape index (κ2) is 7.26. The molecule has 0 saturated carbocycles. The number of nitrogens with one attached hydrogen (secondary N) is 1. The van der Waals surface area contributed by atoms with Gasteiger partial charge in [0.25, 0.3) is 0 Å². The van der Waals surface area contributed by atoms with Crippen molar-refractivity contribution in [2.75, 3.05) is 6.61 Å². The van der Waals surface area contributed by atoms with Crippen molar-refractivity contribution in [2.24, 2.45) is 10.8 Å². The van der Waals surface area contributed by atoms with Crippen LogP contribution in [-0.4, -0.2) is 18.9 Å². The first-order chi connectivity index (χ1) is 8.63. The molecule has 0 aliphatic rings. The Bertz CT molecular complexity index is 435. The third kappa shape index (κ3) is 4.82. The monoisotopic (exact) mass is 253 g/mol. The van der Waals surface area contributed by atoms with Gasteiger partial charge in [-0.05, 0) is 24.1 Å². The minimum atomic E-state index is -0.757. The predicted molar refractivity (Wildman–Crippen MR) is 67.1 cm³/mol. The molecule has 0 bridgehead atoms. The van der Waals surface area contributed by atoms with Gasteiger partial charge in [0.05, 0.1) is 12.8 Å². The van der Waals surface area contributed by atoms with E-state index < -0.39 is 11.8 Å². The van der Waals surface area contributed by atoms with Gasteiger partial charge >= 0.3 is 6.03 Å². The van der Waals surface area contributed by atoms with E-state index in [9.17, 15) is 9.18 Å². The maximum atomic E-state index is 13.4. The van der Waals surface area contributed by atoms with Gasteiger partial charge in [0.1, 0.15) is 0 Å². The van der Waals surface area contributed by atoms with Crippen LogP contribution in [0.5, 0.6) is 5.75 Å². The number of primary amides is 1. The molecule has 18 heavy (non-hydrogen) atoms. The molecular formula is C12H16FN3O2. The first-order valence-corrected chi connectivity index (χ1v) is 5.64. The summed E-state index contributed by atoms with van der Waals surface area (Å²) in [6, 6.07) is 3.56. The normalized spacial score (nSPS) is 10.6. The van der Waals surface area contributed by atoms with Crippen LogP contribution in [0.4, 0.5) is 9.18 Å². The summed E-state index contributed by atoms with van der Waals surface area (Å²) in [6.07, 6.45) is 3.20. The summed E-state index contributed by atoms with van der Waals surface area (Å²) in [5.41, 5.74) is 7.51. The van der Waals surface area contributed by atoms with Crippen molar-refractivity contribution < 1.29 is 13.9 Å². The lowest BCUT2D eigenvalue weighted by Crippen LogP contribution is -2.24. The summed E-state index contributed by atoms with van der Waals surface area (Å²) in [4.78, 5) is 10.4. The molecule has 0 fully saturated rings. The molecule has 1 aromatic rings. The van der Waals surface area contributed by atoms with Gasteiger partial charge in [-0.2, -0.15) is 5.10 Å². The molecule has 0 saturated heterocycles. The number of hydrogen-bond acceptors (Lipinski definition) is 3. The fourth-order valence-corrected chi connectivity index (χ4v) is 1.21. The molecule has 0 heterocycles. The Hall–Kier alpha value is -2.11. The Morgan fingerprint density at radius 2 is 2.39 bits per heavy atom. The fraction of sp³-hybridized carbons (Fsp3) is 0.333. The SMILES string of the molecule is CCCCOc1cc(C=NNC(N)=O)ccc1F. The molecular weight excluding hydrogens is 237 g/mol. The van der Waals surface area contributed by atoms with Crippen LogP contribution in [0.15, 0.2) is 23.3 Å². The first kappa shape index (κ1) is 14.0. The molecule has 98 valence electrons. The Morgan fingerprint density at radius 3 is 3.06 bits per heavy atom. The highest BCUT2D eigenvalue weighted by Crippen LogP contribution is 2.18. The number of carbonyl (C=O) groups is 1. The lowest BCUT2D eigenvalue weighted by Gasteiger charge is -2.07. The first-order valence-electron chi connectivity index (χ1n) is 5.64. The number of nitrogens with two attached hydrogens (primary N) is 1. The van der Waals surface area contributed by atoms with Crippen LogP contribution in [0.3, 0.4) is 0 Å². The van der Waals surface area contributed by atoms with Gasteiger partial charge in [-0.25, -0.2) is 14.6 Å². The molecule has 6 heteroatoms. The Labute approximate surface area is 105 Å². The van der Waals surface area contributed by atoms with Gasteiger partial charge < -0.3 is 10.5 Å². The number of benzene rings is 1. The zero-order chi connectivity index (χ0) is 13.4. The van der Waals surface area contributed by atoms with Crippen LogP contribution >= 0.6 is 0 Å². The molecule has 1 rings (SSSR count). The number of halogens is 1. The highest BCUT2D eigenvalue weighted by Gasteiger charge is 2.03. The van der Waals surface area contributed by atoms with Gasteiger partial charge in [-0.15, -0.1) is 0 Å². The summed E-state index contributed by atoms with van der Waals surface area (Å²) in [6.45, 7) is 2.49. The van der Waals surface area contributed by atoms with Crippen LogP contribution in [-0.2, 0) is 0 Å². The lowest BCUT2D eigenvalue weighted by atomic mass is 10.2. The van der Waals surface area contributed by atoms with E-state index in [4.69, 9.17) is 10.5 Å². The van der Waals surface area contributed by atoms with E-state index in [2.05, 4.69) is 10.5 Å². The summed E-state index contributed by atoms with van der Waals surface area (Å²) in [7, 11) is 0. The van der Waals surface area contributed by atoms with Crippen LogP contribution in [0.1, 0.15) is 25.3 Å². The second-order valence-corrected chi connectivity index (χ2v) is 3.63. The van der Waals surface area contributed by atoms with Crippen LogP contribution < -0.4 is 15.9 Å². The number of unbranched alkanes of at least 4 members (excludes halogenated alkanes) is 1. The quantitative estimate of drug-likeness (QED) is 0.462. The lowest BCUT2D eigenvalue weighted by molar-refractivity contribution is 0.249. The third-order valence-corrected chi connectivity index (χ3v) is 2.10. The number of hydrogen-bond donors (Lipinski definition) is 2. The van der Waals surface area contributed by atoms with E-state index in [1.54, 1.807) is 0 Å². The molecule has 5 nitrogen and oxygen atoms in total. The summed E-state index contributed by atoms with van der Waals surface area (Å²) < 4.78 is 18.7. The summed E-state index contributed by atoms with van der Waals surface area (Å²) in [5, 5.41) is 3.58. The molecule has 3 N–H and O–H groups in total. The summed E-state index contributed by atoms with van der Waals surface area (Å²) >= 11 is 0. The van der Waals surface area contributed by atoms with Gasteiger partial charge in [0.15, 0.2) is 11.6 Å². The van der Waals surface area contributed by atoms with E-state index in [0.29, 0.717) is 12.2 Å². The molecule has 2 amide bonds. The van der Waals surface area contributed by atoms with Gasteiger partial charge in [-0.1, -0.05) is 19.4 Å². The van der Waals surface area contributed by atoms with E-state index in [1.807, 2.05) is 6.92 Å². The highest BCUT2D eigenvalue weighted by atomic mass is 19.1. The molecule has 0 spiro atoms. The van der Waals surface area contributed by atoms with Gasteiger partial charge in [0, 0.05) is 0 Å². The highest BCUT2D eigenvalue weighted by molar-refractivity contribution is 5.81. The summed E-state index contributed by atoms with van der Waals surface area (Å²) in [5.74, 6) is -0.252. The number of carbonyl (C=O) groups excluding carboxylic acids is 1. The maximum absolute atomic E-state index is 13.4. The Kier molecular flexibility index (Phi) is 5.63. The zero-order valence-corrected chi connectivity index (χ0v) is 10.1. The third-order valence-electron chi connectivity index (χ3n) is 2.10. The maximum Gasteiger partial charge on any atom is 0.332 e. The topological polar surface area (TPSA) is 76.7 Å². The molecule has 0 unspecified atom stereocenters. The number of nitrogens with zero attached hydrogens (tertiary/aromatic N) is 1. The predicted octanol–water partition coefficient (Wildman–Crippen LogP) is 2.01. The van der Waals surface area contributed by atoms with Crippen molar-refractivity contribution in [2.45, 2.75) is 19.8 Å². The fourth-order valence-electron chi connectivity index (χ4n) is 1.21. The number of hydrazone groups is 1. The molecule has 0 aromatic heterocycles. The van der Waals surface area contributed by atoms with Crippen molar-refractivity contribution in [3.05, 3.63) is 29.6 Å². The van der Waals surface area contributed by atoms with Crippen molar-refractivity contribution in [3.8, 4) is 5.75 Å². The van der Waals surface area contributed by atoms with Crippen molar-refractivity contribution in [1.82, 2.24) is 5.43 Å². The number of amides is 2. The minimum absolute atomic E-state index is 0.173. The zero-order valence-electron chi connectivity index (χ0n) is 10.1. The van der Waals surface area contributed by atoms with Crippen molar-refractivity contribution in [1.29, 1.82) is 0 Å². The van der Waals surface area contributed by atoms with E-state index in [1.165, 1.54) is 24.4 Å². The minimum Gasteiger partial charge on any atom is -0.490 e. The molecule has 1 aromatic carbocycles. The number of ether oxygens (including phenoxy) is 1. The molecule has 0 aliphatic heterocycles. The van der Waals surface area contributed by atoms with E-state index in [-0.39, 0.29) is 5.75 Å². The van der Waals surface area contributed by atoms with E-state index in [0.717, 1.165) is 12.8 Å². The average Bonchev–Trinajstić information content (AvgIpc) is 2.33.